The van der Waals surface area contributed by atoms with Crippen molar-refractivity contribution < 1.29 is 35.5 Å². The number of hydrogen-bond acceptors (Lipinski definition) is 1. The summed E-state index contributed by atoms with van der Waals surface area (Å²) in [7, 11) is 0. The summed E-state index contributed by atoms with van der Waals surface area (Å²) < 4.78 is 96.6. The molecule has 1 aromatic carbocycles. The molecule has 0 spiro atoms. The van der Waals surface area contributed by atoms with Crippen LogP contribution >= 0.6 is 0 Å². The molecular formula is C17H17F7O. The van der Waals surface area contributed by atoms with Crippen LogP contribution in [0.5, 0.6) is 5.75 Å². The predicted molar refractivity (Wildman–Crippen MR) is 78.1 cm³/mol. The molecule has 1 aromatic rings. The van der Waals surface area contributed by atoms with Gasteiger partial charge in [0.15, 0.2) is 0 Å². The van der Waals surface area contributed by atoms with E-state index < -0.39 is 41.2 Å². The molecule has 1 aliphatic carbocycles. The Hall–Kier alpha value is -1.73. The SMILES string of the molecule is CC1CCC(C(F)(F)Oc2cc(F)c(/C=C/C(F)(F)F)c(F)c2)CC1. The van der Waals surface area contributed by atoms with Crippen LogP contribution in [0.2, 0.25) is 0 Å². The summed E-state index contributed by atoms with van der Waals surface area (Å²) in [5.41, 5.74) is -0.973. The van der Waals surface area contributed by atoms with E-state index in [2.05, 4.69) is 4.74 Å². The average Bonchev–Trinajstić information content (AvgIpc) is 2.45. The molecule has 0 atom stereocenters. The van der Waals surface area contributed by atoms with Crippen molar-refractivity contribution in [3.05, 3.63) is 35.4 Å². The zero-order valence-corrected chi connectivity index (χ0v) is 13.3. The second-order valence-corrected chi connectivity index (χ2v) is 6.30. The van der Waals surface area contributed by atoms with Crippen molar-refractivity contribution >= 4 is 6.08 Å². The third kappa shape index (κ3) is 5.37. The van der Waals surface area contributed by atoms with Crippen LogP contribution in [0.1, 0.15) is 38.2 Å². The first-order chi connectivity index (χ1) is 11.5. The van der Waals surface area contributed by atoms with Crippen LogP contribution in [-0.2, 0) is 0 Å². The minimum Gasteiger partial charge on any atom is -0.432 e. The van der Waals surface area contributed by atoms with E-state index in [-0.39, 0.29) is 25.0 Å². The molecule has 1 fully saturated rings. The largest absolute Gasteiger partial charge is 0.432 e. The van der Waals surface area contributed by atoms with Crippen LogP contribution in [0.25, 0.3) is 6.08 Å². The van der Waals surface area contributed by atoms with E-state index in [0.717, 1.165) is 0 Å². The Morgan fingerprint density at radius 3 is 1.96 bits per heavy atom. The van der Waals surface area contributed by atoms with Crippen molar-refractivity contribution in [3.63, 3.8) is 0 Å². The second kappa shape index (κ2) is 7.25. The zero-order chi connectivity index (χ0) is 18.8. The van der Waals surface area contributed by atoms with E-state index in [4.69, 9.17) is 0 Å². The highest BCUT2D eigenvalue weighted by atomic mass is 19.4. The molecule has 1 saturated carbocycles. The van der Waals surface area contributed by atoms with Gasteiger partial charge in [-0.15, -0.1) is 0 Å². The summed E-state index contributed by atoms with van der Waals surface area (Å²) in [5.74, 6) is -4.32. The zero-order valence-electron chi connectivity index (χ0n) is 13.3. The summed E-state index contributed by atoms with van der Waals surface area (Å²) in [6, 6.07) is 0.914. The van der Waals surface area contributed by atoms with Gasteiger partial charge in [-0.1, -0.05) is 19.8 Å². The van der Waals surface area contributed by atoms with Crippen LogP contribution in [0.4, 0.5) is 30.7 Å². The summed E-state index contributed by atoms with van der Waals surface area (Å²) in [6.07, 6.45) is -6.83. The van der Waals surface area contributed by atoms with E-state index in [1.807, 2.05) is 6.92 Å². The molecule has 8 heteroatoms. The Morgan fingerprint density at radius 2 is 1.48 bits per heavy atom. The van der Waals surface area contributed by atoms with Gasteiger partial charge < -0.3 is 4.74 Å². The van der Waals surface area contributed by atoms with Gasteiger partial charge in [0, 0.05) is 23.8 Å². The first-order valence-corrected chi connectivity index (χ1v) is 7.80. The Labute approximate surface area is 140 Å². The number of alkyl halides is 5. The maximum absolute atomic E-state index is 14.2. The van der Waals surface area contributed by atoms with Crippen LogP contribution < -0.4 is 4.74 Å². The van der Waals surface area contributed by atoms with Gasteiger partial charge in [-0.3, -0.25) is 0 Å². The van der Waals surface area contributed by atoms with Crippen molar-refractivity contribution in [1.29, 1.82) is 0 Å². The normalized spacial score (nSPS) is 22.4. The molecule has 0 aromatic heterocycles. The first kappa shape index (κ1) is 19.6. The van der Waals surface area contributed by atoms with Crippen molar-refractivity contribution in [1.82, 2.24) is 0 Å². The molecule has 0 heterocycles. The third-order valence-electron chi connectivity index (χ3n) is 4.24. The van der Waals surface area contributed by atoms with E-state index in [0.29, 0.717) is 30.9 Å². The molecule has 0 amide bonds. The van der Waals surface area contributed by atoms with E-state index >= 15 is 0 Å². The van der Waals surface area contributed by atoms with Crippen molar-refractivity contribution in [2.75, 3.05) is 0 Å². The van der Waals surface area contributed by atoms with Gasteiger partial charge in [0.1, 0.15) is 17.4 Å². The van der Waals surface area contributed by atoms with Gasteiger partial charge in [0.2, 0.25) is 0 Å². The summed E-state index contributed by atoms with van der Waals surface area (Å²) >= 11 is 0. The van der Waals surface area contributed by atoms with Crippen LogP contribution in [0, 0.1) is 23.5 Å². The van der Waals surface area contributed by atoms with Crippen molar-refractivity contribution in [3.8, 4) is 5.75 Å². The molecule has 0 N–H and O–H groups in total. The molecule has 0 aliphatic heterocycles. The lowest BCUT2D eigenvalue weighted by molar-refractivity contribution is -0.223. The second-order valence-electron chi connectivity index (χ2n) is 6.30. The highest BCUT2D eigenvalue weighted by Crippen LogP contribution is 2.40. The van der Waals surface area contributed by atoms with Crippen LogP contribution in [0.3, 0.4) is 0 Å². The number of allylic oxidation sites excluding steroid dienone is 1. The lowest BCUT2D eigenvalue weighted by Crippen LogP contribution is -2.37. The third-order valence-corrected chi connectivity index (χ3v) is 4.24. The molecule has 1 nitrogen and oxygen atoms in total. The minimum absolute atomic E-state index is 0.203. The topological polar surface area (TPSA) is 9.23 Å². The Kier molecular flexibility index (Phi) is 5.68. The highest BCUT2D eigenvalue weighted by Gasteiger charge is 2.43. The fourth-order valence-electron chi connectivity index (χ4n) is 2.79. The molecular weight excluding hydrogens is 353 g/mol. The number of benzene rings is 1. The average molecular weight is 370 g/mol. The molecule has 0 bridgehead atoms. The van der Waals surface area contributed by atoms with Gasteiger partial charge in [0.05, 0.1) is 5.92 Å². The van der Waals surface area contributed by atoms with Crippen LogP contribution in [0.15, 0.2) is 18.2 Å². The molecule has 2 rings (SSSR count). The number of hydrogen-bond donors (Lipinski definition) is 0. The number of ether oxygens (including phenoxy) is 1. The Balaban J connectivity index is 2.16. The lowest BCUT2D eigenvalue weighted by Gasteiger charge is -2.32. The van der Waals surface area contributed by atoms with E-state index in [1.54, 1.807) is 0 Å². The van der Waals surface area contributed by atoms with Gasteiger partial charge in [0.25, 0.3) is 0 Å². The molecule has 0 saturated heterocycles. The van der Waals surface area contributed by atoms with E-state index in [9.17, 15) is 30.7 Å². The number of halogens is 7. The molecule has 1 aliphatic rings. The molecule has 25 heavy (non-hydrogen) atoms. The van der Waals surface area contributed by atoms with Gasteiger partial charge in [-0.2, -0.15) is 22.0 Å². The monoisotopic (exact) mass is 370 g/mol. The van der Waals surface area contributed by atoms with Crippen LogP contribution in [-0.4, -0.2) is 12.3 Å². The molecule has 0 unspecified atom stereocenters. The van der Waals surface area contributed by atoms with Gasteiger partial charge in [-0.05, 0) is 24.8 Å². The Morgan fingerprint density at radius 1 is 0.960 bits per heavy atom. The quantitative estimate of drug-likeness (QED) is 0.562. The summed E-state index contributed by atoms with van der Waals surface area (Å²) in [5, 5.41) is 0. The lowest BCUT2D eigenvalue weighted by atomic mass is 9.82. The van der Waals surface area contributed by atoms with Gasteiger partial charge >= 0.3 is 12.3 Å². The minimum atomic E-state index is -4.75. The smallest absolute Gasteiger partial charge is 0.409 e. The summed E-state index contributed by atoms with van der Waals surface area (Å²) in [4.78, 5) is 0. The standard InChI is InChI=1S/C17H17F7O/c1-10-2-4-11(5-3-10)17(23,24)25-12-8-14(18)13(15(19)9-12)6-7-16(20,21)22/h6-11H,2-5H2,1H3/b7-6+. The fourth-order valence-corrected chi connectivity index (χ4v) is 2.79. The first-order valence-electron chi connectivity index (χ1n) is 7.80. The van der Waals surface area contributed by atoms with Crippen molar-refractivity contribution in [2.24, 2.45) is 11.8 Å². The highest BCUT2D eigenvalue weighted by molar-refractivity contribution is 5.53. The maximum atomic E-state index is 14.2. The van der Waals surface area contributed by atoms with Gasteiger partial charge in [-0.25, -0.2) is 8.78 Å². The fraction of sp³-hybridized carbons (Fsp3) is 0.529. The maximum Gasteiger partial charge on any atom is 0.409 e. The predicted octanol–water partition coefficient (Wildman–Crippen LogP) is 6.34. The van der Waals surface area contributed by atoms with Crippen molar-refractivity contribution in [2.45, 2.75) is 44.9 Å². The van der Waals surface area contributed by atoms with E-state index in [1.165, 1.54) is 0 Å². The number of rotatable bonds is 4. The Bertz CT molecular complexity index is 605. The molecule has 0 radical (unpaired) electrons. The molecule has 140 valence electrons. The summed E-state index contributed by atoms with van der Waals surface area (Å²) in [6.45, 7) is 1.95.